The van der Waals surface area contributed by atoms with Crippen LogP contribution in [0.1, 0.15) is 5.56 Å². The minimum atomic E-state index is -0.663. The van der Waals surface area contributed by atoms with Gasteiger partial charge >= 0.3 is 0 Å². The van der Waals surface area contributed by atoms with E-state index in [0.29, 0.717) is 6.54 Å². The Morgan fingerprint density at radius 1 is 1.24 bits per heavy atom. The average molecular weight is 455 g/mol. The highest BCUT2D eigenvalue weighted by Gasteiger charge is 2.17. The highest BCUT2D eigenvalue weighted by molar-refractivity contribution is 14.1. The number of benzene rings is 2. The molecule has 7 heteroatoms. The van der Waals surface area contributed by atoms with Crippen molar-refractivity contribution in [1.82, 2.24) is 0 Å². The van der Waals surface area contributed by atoms with E-state index in [0.717, 1.165) is 5.56 Å². The van der Waals surface area contributed by atoms with Crippen LogP contribution in [-0.2, 0) is 11.3 Å². The third-order valence-corrected chi connectivity index (χ3v) is 4.16. The molecular formula is C18H16F2IN3O. The molecule has 2 rings (SSSR count). The van der Waals surface area contributed by atoms with Gasteiger partial charge in [-0.1, -0.05) is 40.6 Å². The summed E-state index contributed by atoms with van der Waals surface area (Å²) in [5.41, 5.74) is 6.86. The fraction of sp³-hybridized carbons (Fsp3) is 0.167. The Balaban J connectivity index is 2.31. The van der Waals surface area contributed by atoms with Crippen LogP contribution in [0.5, 0.6) is 0 Å². The van der Waals surface area contributed by atoms with E-state index in [2.05, 4.69) is 11.2 Å². The third kappa shape index (κ3) is 4.82. The SMILES string of the molecule is C#CCN(Cc1ccc(F)cc1)c1ccc(NC(=O)CI)c(N)c1F. The van der Waals surface area contributed by atoms with Gasteiger partial charge in [-0.3, -0.25) is 4.79 Å². The third-order valence-electron chi connectivity index (χ3n) is 3.46. The number of carbonyl (C=O) groups is 1. The molecule has 0 radical (unpaired) electrons. The zero-order valence-electron chi connectivity index (χ0n) is 13.2. The largest absolute Gasteiger partial charge is 0.395 e. The summed E-state index contributed by atoms with van der Waals surface area (Å²) < 4.78 is 28.0. The smallest absolute Gasteiger partial charge is 0.234 e. The van der Waals surface area contributed by atoms with Crippen molar-refractivity contribution < 1.29 is 13.6 Å². The van der Waals surface area contributed by atoms with Crippen LogP contribution >= 0.6 is 22.6 Å². The number of alkyl halides is 1. The number of nitrogen functional groups attached to an aromatic ring is 1. The molecule has 0 bridgehead atoms. The first-order chi connectivity index (χ1) is 12.0. The lowest BCUT2D eigenvalue weighted by Crippen LogP contribution is -2.25. The number of nitrogens with two attached hydrogens (primary N) is 1. The number of halogens is 3. The van der Waals surface area contributed by atoms with Crippen molar-refractivity contribution in [2.24, 2.45) is 0 Å². The number of rotatable bonds is 6. The molecule has 0 aromatic heterocycles. The van der Waals surface area contributed by atoms with E-state index in [1.807, 2.05) is 22.6 Å². The van der Waals surface area contributed by atoms with Gasteiger partial charge in [-0.25, -0.2) is 8.78 Å². The van der Waals surface area contributed by atoms with Gasteiger partial charge in [-0.05, 0) is 29.8 Å². The molecule has 4 nitrogen and oxygen atoms in total. The predicted octanol–water partition coefficient (Wildman–Crippen LogP) is 3.56. The van der Waals surface area contributed by atoms with Crippen LogP contribution in [0.4, 0.5) is 25.8 Å². The molecule has 0 aliphatic carbocycles. The standard InChI is InChI=1S/C18H16F2IN3O/c1-2-9-24(11-12-3-5-13(19)6-4-12)15-8-7-14(18(22)17(15)20)23-16(25)10-21/h1,3-8H,9-11,22H2,(H,23,25). The van der Waals surface area contributed by atoms with Crippen molar-refractivity contribution in [3.05, 3.63) is 53.6 Å². The zero-order valence-corrected chi connectivity index (χ0v) is 15.4. The molecule has 0 aliphatic heterocycles. The summed E-state index contributed by atoms with van der Waals surface area (Å²) in [4.78, 5) is 13.1. The quantitative estimate of drug-likeness (QED) is 0.303. The molecule has 25 heavy (non-hydrogen) atoms. The van der Waals surface area contributed by atoms with Crippen molar-refractivity contribution in [2.75, 3.05) is 26.9 Å². The van der Waals surface area contributed by atoms with Crippen LogP contribution in [0.15, 0.2) is 36.4 Å². The van der Waals surface area contributed by atoms with E-state index in [9.17, 15) is 13.6 Å². The van der Waals surface area contributed by atoms with Crippen LogP contribution < -0.4 is 16.0 Å². The zero-order chi connectivity index (χ0) is 18.4. The van der Waals surface area contributed by atoms with E-state index in [1.54, 1.807) is 17.0 Å². The maximum Gasteiger partial charge on any atom is 0.234 e. The highest BCUT2D eigenvalue weighted by atomic mass is 127. The second-order valence-corrected chi connectivity index (χ2v) is 5.99. The second-order valence-electron chi connectivity index (χ2n) is 5.23. The fourth-order valence-electron chi connectivity index (χ4n) is 2.26. The number of carbonyl (C=O) groups excluding carboxylic acids is 1. The van der Waals surface area contributed by atoms with Crippen molar-refractivity contribution in [2.45, 2.75) is 6.54 Å². The maximum absolute atomic E-state index is 14.7. The van der Waals surface area contributed by atoms with E-state index >= 15 is 0 Å². The summed E-state index contributed by atoms with van der Waals surface area (Å²) in [7, 11) is 0. The molecule has 0 saturated carbocycles. The van der Waals surface area contributed by atoms with Crippen molar-refractivity contribution >= 4 is 45.6 Å². The lowest BCUT2D eigenvalue weighted by atomic mass is 10.1. The van der Waals surface area contributed by atoms with E-state index < -0.39 is 5.82 Å². The molecule has 0 aliphatic rings. The van der Waals surface area contributed by atoms with E-state index in [-0.39, 0.29) is 39.8 Å². The second kappa shape index (κ2) is 8.67. The van der Waals surface area contributed by atoms with Gasteiger partial charge in [0.05, 0.1) is 28.0 Å². The first-order valence-corrected chi connectivity index (χ1v) is 8.85. The first kappa shape index (κ1) is 19.0. The monoisotopic (exact) mass is 455 g/mol. The summed E-state index contributed by atoms with van der Waals surface area (Å²) in [5, 5.41) is 2.54. The van der Waals surface area contributed by atoms with Gasteiger partial charge in [-0.15, -0.1) is 6.42 Å². The molecule has 1 amide bonds. The van der Waals surface area contributed by atoms with Crippen LogP contribution in [0.25, 0.3) is 0 Å². The van der Waals surface area contributed by atoms with Crippen LogP contribution in [0.3, 0.4) is 0 Å². The van der Waals surface area contributed by atoms with Gasteiger partial charge in [0.25, 0.3) is 0 Å². The first-order valence-electron chi connectivity index (χ1n) is 7.33. The van der Waals surface area contributed by atoms with Gasteiger partial charge in [0.1, 0.15) is 5.82 Å². The Morgan fingerprint density at radius 3 is 2.52 bits per heavy atom. The maximum atomic E-state index is 14.7. The summed E-state index contributed by atoms with van der Waals surface area (Å²) in [6.07, 6.45) is 5.38. The van der Waals surface area contributed by atoms with Crippen LogP contribution in [-0.4, -0.2) is 16.9 Å². The van der Waals surface area contributed by atoms with Gasteiger partial charge in [-0.2, -0.15) is 0 Å². The van der Waals surface area contributed by atoms with Crippen LogP contribution in [0, 0.1) is 24.0 Å². The van der Waals surface area contributed by atoms with E-state index in [4.69, 9.17) is 12.2 Å². The van der Waals surface area contributed by atoms with Crippen molar-refractivity contribution in [1.29, 1.82) is 0 Å². The fourth-order valence-corrected chi connectivity index (χ4v) is 2.46. The summed E-state index contributed by atoms with van der Waals surface area (Å²) in [5.74, 6) is 1.19. The van der Waals surface area contributed by atoms with Gasteiger partial charge in [0.2, 0.25) is 5.91 Å². The lowest BCUT2D eigenvalue weighted by molar-refractivity contribution is -0.113. The molecule has 2 aromatic rings. The Kier molecular flexibility index (Phi) is 6.58. The molecule has 0 atom stereocenters. The van der Waals surface area contributed by atoms with Crippen LogP contribution in [0.2, 0.25) is 0 Å². The molecule has 130 valence electrons. The minimum Gasteiger partial charge on any atom is -0.395 e. The molecule has 0 heterocycles. The molecule has 0 spiro atoms. The number of nitrogens with zero attached hydrogens (tertiary/aromatic N) is 1. The highest BCUT2D eigenvalue weighted by Crippen LogP contribution is 2.31. The molecule has 0 saturated heterocycles. The number of nitrogens with one attached hydrogen (secondary N) is 1. The summed E-state index contributed by atoms with van der Waals surface area (Å²) in [6.45, 7) is 0.438. The molecule has 0 unspecified atom stereocenters. The minimum absolute atomic E-state index is 0.146. The predicted molar refractivity (Wildman–Crippen MR) is 105 cm³/mol. The van der Waals surface area contributed by atoms with Crippen molar-refractivity contribution in [3.8, 4) is 12.3 Å². The number of anilines is 3. The molecule has 3 N–H and O–H groups in total. The average Bonchev–Trinajstić information content (AvgIpc) is 2.60. The normalized spacial score (nSPS) is 10.2. The summed E-state index contributed by atoms with van der Waals surface area (Å²) >= 11 is 1.90. The number of hydrogen-bond donors (Lipinski definition) is 2. The van der Waals surface area contributed by atoms with Crippen molar-refractivity contribution in [3.63, 3.8) is 0 Å². The number of terminal acetylenes is 1. The Labute approximate surface area is 158 Å². The van der Waals surface area contributed by atoms with Gasteiger partial charge in [0, 0.05) is 6.54 Å². The molecule has 0 fully saturated rings. The number of hydrogen-bond acceptors (Lipinski definition) is 3. The van der Waals surface area contributed by atoms with E-state index in [1.165, 1.54) is 24.3 Å². The Bertz CT molecular complexity index is 803. The topological polar surface area (TPSA) is 58.4 Å². The molecular weight excluding hydrogens is 439 g/mol. The Hall–Kier alpha value is -2.34. The van der Waals surface area contributed by atoms with Gasteiger partial charge < -0.3 is 16.0 Å². The van der Waals surface area contributed by atoms with Gasteiger partial charge in [0.15, 0.2) is 5.82 Å². The Morgan fingerprint density at radius 2 is 1.92 bits per heavy atom. The lowest BCUT2D eigenvalue weighted by Gasteiger charge is -2.24. The molecule has 2 aromatic carbocycles. The number of amides is 1. The summed E-state index contributed by atoms with van der Waals surface area (Å²) in [6, 6.07) is 8.92.